The normalized spacial score (nSPS) is 22.4. The molecule has 2 atom stereocenters. The molecule has 1 saturated heterocycles. The van der Waals surface area contributed by atoms with Gasteiger partial charge in [0.15, 0.2) is 5.17 Å². The summed E-state index contributed by atoms with van der Waals surface area (Å²) < 4.78 is 6.85. The van der Waals surface area contributed by atoms with Gasteiger partial charge in [-0.25, -0.2) is 4.99 Å². The Bertz CT molecular complexity index is 1280. The molecule has 6 heteroatoms. The maximum Gasteiger partial charge on any atom is 0.267 e. The molecule has 0 spiro atoms. The van der Waals surface area contributed by atoms with Gasteiger partial charge in [-0.15, -0.1) is 0 Å². The van der Waals surface area contributed by atoms with Gasteiger partial charge in [-0.1, -0.05) is 74.4 Å². The van der Waals surface area contributed by atoms with Crippen molar-refractivity contribution in [2.75, 3.05) is 0 Å². The lowest BCUT2D eigenvalue weighted by atomic mass is 9.85. The number of amides is 1. The van der Waals surface area contributed by atoms with Crippen LogP contribution in [0.1, 0.15) is 43.7 Å². The molecule has 1 heterocycles. The van der Waals surface area contributed by atoms with E-state index >= 15 is 0 Å². The lowest BCUT2D eigenvalue weighted by Gasteiger charge is -2.35. The monoisotopic (exact) mass is 560 g/mol. The first-order valence-electron chi connectivity index (χ1n) is 12.4. The minimum absolute atomic E-state index is 0.0500. The van der Waals surface area contributed by atoms with E-state index in [0.717, 1.165) is 51.5 Å². The highest BCUT2D eigenvalue weighted by Gasteiger charge is 2.41. The van der Waals surface area contributed by atoms with Gasteiger partial charge < -0.3 is 4.74 Å². The van der Waals surface area contributed by atoms with Crippen molar-refractivity contribution in [3.63, 3.8) is 0 Å². The smallest absolute Gasteiger partial charge is 0.267 e. The van der Waals surface area contributed by atoms with Crippen molar-refractivity contribution >= 4 is 50.5 Å². The average molecular weight is 562 g/mol. The van der Waals surface area contributed by atoms with E-state index < -0.39 is 0 Å². The molecular weight excluding hydrogens is 532 g/mol. The van der Waals surface area contributed by atoms with Crippen LogP contribution in [0.3, 0.4) is 0 Å². The summed E-state index contributed by atoms with van der Waals surface area (Å²) in [5.74, 6) is 1.28. The van der Waals surface area contributed by atoms with Crippen LogP contribution in [0.25, 0.3) is 6.08 Å². The van der Waals surface area contributed by atoms with Gasteiger partial charge in [-0.3, -0.25) is 9.69 Å². The Morgan fingerprint density at radius 2 is 1.75 bits per heavy atom. The number of ether oxygens (including phenoxy) is 1. The quantitative estimate of drug-likeness (QED) is 0.285. The largest absolute Gasteiger partial charge is 0.488 e. The van der Waals surface area contributed by atoms with Gasteiger partial charge in [-0.05, 0) is 87.9 Å². The zero-order valence-electron chi connectivity index (χ0n) is 20.3. The highest BCUT2D eigenvalue weighted by Crippen LogP contribution is 2.40. The Balaban J connectivity index is 1.39. The minimum atomic E-state index is 0.0500. The molecule has 0 unspecified atom stereocenters. The molecule has 1 saturated carbocycles. The third-order valence-electron chi connectivity index (χ3n) is 6.71. The molecule has 0 bridgehead atoms. The van der Waals surface area contributed by atoms with E-state index in [2.05, 4.69) is 22.9 Å². The van der Waals surface area contributed by atoms with Crippen LogP contribution in [-0.2, 0) is 11.4 Å². The van der Waals surface area contributed by atoms with Crippen LogP contribution in [-0.4, -0.2) is 22.0 Å². The maximum atomic E-state index is 13.7. The highest BCUT2D eigenvalue weighted by molar-refractivity contribution is 9.10. The van der Waals surface area contributed by atoms with E-state index in [1.165, 1.54) is 18.2 Å². The number of benzene rings is 3. The average Bonchev–Trinajstić information content (AvgIpc) is 3.19. The predicted molar refractivity (Wildman–Crippen MR) is 152 cm³/mol. The molecule has 0 radical (unpaired) electrons. The van der Waals surface area contributed by atoms with Crippen molar-refractivity contribution in [2.45, 2.75) is 45.3 Å². The Hall–Kier alpha value is -2.83. The van der Waals surface area contributed by atoms with Crippen LogP contribution < -0.4 is 4.74 Å². The fourth-order valence-corrected chi connectivity index (χ4v) is 6.32. The molecule has 3 aromatic rings. The molecule has 2 aliphatic rings. The van der Waals surface area contributed by atoms with Crippen LogP contribution >= 0.6 is 27.7 Å². The number of hydrogen-bond acceptors (Lipinski definition) is 4. The van der Waals surface area contributed by atoms with Crippen molar-refractivity contribution in [3.05, 3.63) is 99.4 Å². The van der Waals surface area contributed by atoms with Gasteiger partial charge in [0.05, 0.1) is 15.1 Å². The van der Waals surface area contributed by atoms with Crippen molar-refractivity contribution in [2.24, 2.45) is 10.9 Å². The number of nitrogens with zero attached hydrogens (tertiary/aromatic N) is 2. The maximum absolute atomic E-state index is 13.7. The molecule has 36 heavy (non-hydrogen) atoms. The second-order valence-corrected chi connectivity index (χ2v) is 11.2. The molecule has 1 aliphatic carbocycles. The summed E-state index contributed by atoms with van der Waals surface area (Å²) in [6.45, 7) is 2.76. The summed E-state index contributed by atoms with van der Waals surface area (Å²) in [4.78, 5) is 21.2. The summed E-state index contributed by atoms with van der Waals surface area (Å²) in [5.41, 5.74) is 2.93. The van der Waals surface area contributed by atoms with Crippen molar-refractivity contribution in [1.82, 2.24) is 4.90 Å². The Morgan fingerprint density at radius 1 is 1.03 bits per heavy atom. The topological polar surface area (TPSA) is 41.9 Å². The number of halogens is 1. The number of rotatable bonds is 6. The zero-order valence-corrected chi connectivity index (χ0v) is 22.7. The predicted octanol–water partition coefficient (Wildman–Crippen LogP) is 8.21. The van der Waals surface area contributed by atoms with Crippen LogP contribution in [0.15, 0.2) is 93.2 Å². The molecule has 4 nitrogen and oxygen atoms in total. The molecular formula is C30H29BrN2O2S. The molecule has 0 N–H and O–H groups in total. The summed E-state index contributed by atoms with van der Waals surface area (Å²) in [6, 6.07) is 26.1. The molecule has 3 aromatic carbocycles. The van der Waals surface area contributed by atoms with E-state index in [0.29, 0.717) is 17.4 Å². The second-order valence-electron chi connectivity index (χ2n) is 9.31. The molecule has 2 fully saturated rings. The lowest BCUT2D eigenvalue weighted by Crippen LogP contribution is -2.44. The first-order chi connectivity index (χ1) is 17.6. The summed E-state index contributed by atoms with van der Waals surface area (Å²) in [7, 11) is 0. The lowest BCUT2D eigenvalue weighted by molar-refractivity contribution is -0.124. The van der Waals surface area contributed by atoms with Gasteiger partial charge in [0, 0.05) is 6.04 Å². The third-order valence-corrected chi connectivity index (χ3v) is 8.31. The molecule has 1 aliphatic heterocycles. The number of amidine groups is 1. The van der Waals surface area contributed by atoms with Crippen molar-refractivity contribution < 1.29 is 9.53 Å². The van der Waals surface area contributed by atoms with Crippen molar-refractivity contribution in [3.8, 4) is 5.75 Å². The zero-order chi connectivity index (χ0) is 24.9. The standard InChI is InChI=1S/C30H29BrN2O2S/c1-21-10-8-9-15-26(21)33-29(34)28(36-30(33)32-24-13-6-3-7-14-24)19-23-16-17-27(25(31)18-23)35-20-22-11-4-2-5-12-22/h2-7,11-14,16-19,21,26H,8-10,15,20H2,1H3/b28-19-,32-30?/t21-,26-/m0/s1. The number of hydrogen-bond donors (Lipinski definition) is 0. The van der Waals surface area contributed by atoms with Gasteiger partial charge in [-0.2, -0.15) is 0 Å². The summed E-state index contributed by atoms with van der Waals surface area (Å²) >= 11 is 5.11. The van der Waals surface area contributed by atoms with E-state index in [9.17, 15) is 4.79 Å². The number of carbonyl (C=O) groups excluding carboxylic acids is 1. The molecule has 0 aromatic heterocycles. The SMILES string of the molecule is C[C@H]1CCCC[C@@H]1N1C(=O)/C(=C/c2ccc(OCc3ccccc3)c(Br)c2)SC1=Nc1ccccc1. The van der Waals surface area contributed by atoms with Gasteiger partial charge >= 0.3 is 0 Å². The van der Waals surface area contributed by atoms with Crippen LogP contribution in [0.5, 0.6) is 5.75 Å². The van der Waals surface area contributed by atoms with Gasteiger partial charge in [0.2, 0.25) is 0 Å². The Labute approximate surface area is 225 Å². The first kappa shape index (κ1) is 24.8. The van der Waals surface area contributed by atoms with Crippen LogP contribution in [0, 0.1) is 5.92 Å². The Kier molecular flexibility index (Phi) is 7.93. The minimum Gasteiger partial charge on any atom is -0.488 e. The van der Waals surface area contributed by atoms with Crippen molar-refractivity contribution in [1.29, 1.82) is 0 Å². The van der Waals surface area contributed by atoms with Gasteiger partial charge in [0.25, 0.3) is 5.91 Å². The van der Waals surface area contributed by atoms with E-state index in [1.807, 2.05) is 89.8 Å². The molecule has 1 amide bonds. The number of para-hydroxylation sites is 1. The van der Waals surface area contributed by atoms with Crippen LogP contribution in [0.4, 0.5) is 5.69 Å². The fourth-order valence-electron chi connectivity index (χ4n) is 4.76. The van der Waals surface area contributed by atoms with Gasteiger partial charge in [0.1, 0.15) is 12.4 Å². The van der Waals surface area contributed by atoms with E-state index in [4.69, 9.17) is 9.73 Å². The second kappa shape index (κ2) is 11.5. The number of aliphatic imine (C=N–C) groups is 1. The highest BCUT2D eigenvalue weighted by atomic mass is 79.9. The summed E-state index contributed by atoms with van der Waals surface area (Å²) in [5, 5.41) is 0.776. The fraction of sp³-hybridized carbons (Fsp3) is 0.267. The van der Waals surface area contributed by atoms with E-state index in [1.54, 1.807) is 0 Å². The van der Waals surface area contributed by atoms with Crippen LogP contribution in [0.2, 0.25) is 0 Å². The third kappa shape index (κ3) is 5.76. The molecule has 184 valence electrons. The molecule has 5 rings (SSSR count). The first-order valence-corrected chi connectivity index (χ1v) is 14.0. The number of thioether (sulfide) groups is 1. The van der Waals surface area contributed by atoms with E-state index in [-0.39, 0.29) is 11.9 Å². The summed E-state index contributed by atoms with van der Waals surface area (Å²) in [6.07, 6.45) is 6.51. The Morgan fingerprint density at radius 3 is 2.47 bits per heavy atom. The number of carbonyl (C=O) groups is 1.